The van der Waals surface area contributed by atoms with Gasteiger partial charge in [-0.2, -0.15) is 0 Å². The molecule has 0 saturated heterocycles. The molecule has 0 bridgehead atoms. The highest BCUT2D eigenvalue weighted by atomic mass is 16.6. The molecule has 0 rings (SSSR count). The van der Waals surface area contributed by atoms with E-state index in [1.54, 1.807) is 0 Å². The fourth-order valence-electron chi connectivity index (χ4n) is 8.27. The number of rotatable bonds is 52. The molecule has 5 heteroatoms. The molecule has 0 radical (unpaired) electrons. The van der Waals surface area contributed by atoms with Gasteiger partial charge in [-0.1, -0.05) is 244 Å². The zero-order chi connectivity index (χ0) is 44.9. The molecule has 0 aliphatic heterocycles. The van der Waals surface area contributed by atoms with E-state index in [9.17, 15) is 9.59 Å². The third kappa shape index (κ3) is 51.0. The number of hydrogen-bond acceptors (Lipinski definition) is 5. The van der Waals surface area contributed by atoms with E-state index < -0.39 is 6.10 Å². The van der Waals surface area contributed by atoms with Crippen LogP contribution in [0, 0.1) is 0 Å². The van der Waals surface area contributed by atoms with Crippen molar-refractivity contribution < 1.29 is 23.8 Å². The van der Waals surface area contributed by atoms with E-state index in [1.807, 2.05) is 0 Å². The van der Waals surface area contributed by atoms with Crippen LogP contribution >= 0.6 is 0 Å². The third-order valence-corrected chi connectivity index (χ3v) is 12.5. The Morgan fingerprint density at radius 3 is 1.00 bits per heavy atom. The fourth-order valence-corrected chi connectivity index (χ4v) is 8.27. The first-order chi connectivity index (χ1) is 30.6. The number of ether oxygens (including phenoxy) is 3. The summed E-state index contributed by atoms with van der Waals surface area (Å²) in [6, 6.07) is 0. The first kappa shape index (κ1) is 60.4. The van der Waals surface area contributed by atoms with Gasteiger partial charge in [-0.25, -0.2) is 0 Å². The zero-order valence-corrected chi connectivity index (χ0v) is 42.2. The topological polar surface area (TPSA) is 61.8 Å². The van der Waals surface area contributed by atoms with E-state index in [-0.39, 0.29) is 18.5 Å². The number of carbonyl (C=O) groups excluding carboxylic acids is 2. The second-order valence-corrected chi connectivity index (χ2v) is 18.8. The van der Waals surface area contributed by atoms with Crippen molar-refractivity contribution in [1.29, 1.82) is 0 Å². The molecule has 0 aliphatic carbocycles. The lowest BCUT2D eigenvalue weighted by atomic mass is 10.0. The molecule has 0 heterocycles. The van der Waals surface area contributed by atoms with Crippen molar-refractivity contribution >= 4 is 11.9 Å². The highest BCUT2D eigenvalue weighted by Crippen LogP contribution is 2.16. The van der Waals surface area contributed by atoms with Gasteiger partial charge in [-0.3, -0.25) is 9.59 Å². The molecular weight excluding hydrogens is 765 g/mol. The van der Waals surface area contributed by atoms with Crippen molar-refractivity contribution in [2.24, 2.45) is 0 Å². The normalized spacial score (nSPS) is 12.2. The number of allylic oxidation sites excluding steroid dienone is 4. The Hall–Kier alpha value is -1.62. The van der Waals surface area contributed by atoms with Crippen molar-refractivity contribution in [2.75, 3.05) is 19.8 Å². The maximum absolute atomic E-state index is 12.8. The fraction of sp³-hybridized carbons (Fsp3) is 0.895. The summed E-state index contributed by atoms with van der Waals surface area (Å²) < 4.78 is 17.5. The molecular formula is C57H108O5. The Balaban J connectivity index is 4.23. The van der Waals surface area contributed by atoms with Crippen molar-refractivity contribution in [3.63, 3.8) is 0 Å². The Morgan fingerprint density at radius 1 is 0.339 bits per heavy atom. The highest BCUT2D eigenvalue weighted by Gasteiger charge is 2.17. The Bertz CT molecular complexity index is 943. The van der Waals surface area contributed by atoms with Crippen molar-refractivity contribution in [2.45, 2.75) is 309 Å². The van der Waals surface area contributed by atoms with Crippen LogP contribution in [0.15, 0.2) is 24.3 Å². The molecule has 0 aromatic carbocycles. The van der Waals surface area contributed by atoms with Crippen LogP contribution in [0.3, 0.4) is 0 Å². The van der Waals surface area contributed by atoms with E-state index in [0.717, 1.165) is 32.1 Å². The van der Waals surface area contributed by atoms with Gasteiger partial charge in [0.2, 0.25) is 0 Å². The molecule has 62 heavy (non-hydrogen) atoms. The standard InChI is InChI=1S/C57H108O5/c1-4-7-10-13-16-19-22-25-28-31-34-37-40-43-46-49-52-60-53-55(62-57(59)51-48-45-42-39-36-33-30-27-24-21-18-15-12-9-6-3)54-61-56(58)50-47-44-41-38-35-32-29-26-23-20-17-14-11-8-5-2/h20-21,23-24,55H,4-19,22,25-54H2,1-3H3/b23-20-,24-21-/t55-/m1/s1. The minimum Gasteiger partial charge on any atom is -0.462 e. The van der Waals surface area contributed by atoms with Gasteiger partial charge in [-0.05, 0) is 70.6 Å². The minimum absolute atomic E-state index is 0.0881. The first-order valence-electron chi connectivity index (χ1n) is 27.9. The van der Waals surface area contributed by atoms with Gasteiger partial charge in [0.05, 0.1) is 6.61 Å². The van der Waals surface area contributed by atoms with E-state index in [0.29, 0.717) is 26.1 Å². The maximum atomic E-state index is 12.8. The lowest BCUT2D eigenvalue weighted by Gasteiger charge is -2.18. The summed E-state index contributed by atoms with van der Waals surface area (Å²) in [6.07, 6.45) is 63.3. The molecule has 0 unspecified atom stereocenters. The zero-order valence-electron chi connectivity index (χ0n) is 42.2. The summed E-state index contributed by atoms with van der Waals surface area (Å²) in [5.41, 5.74) is 0. The quantitative estimate of drug-likeness (QED) is 0.0346. The molecule has 0 saturated carbocycles. The van der Waals surface area contributed by atoms with E-state index >= 15 is 0 Å². The van der Waals surface area contributed by atoms with Gasteiger partial charge in [0, 0.05) is 19.4 Å². The molecule has 0 amide bonds. The number of hydrogen-bond donors (Lipinski definition) is 0. The van der Waals surface area contributed by atoms with Crippen LogP contribution in [-0.2, 0) is 23.8 Å². The van der Waals surface area contributed by atoms with Gasteiger partial charge in [0.25, 0.3) is 0 Å². The Labute approximate surface area is 387 Å². The second kappa shape index (κ2) is 53.7. The average Bonchev–Trinajstić information content (AvgIpc) is 3.27. The van der Waals surface area contributed by atoms with Gasteiger partial charge in [-0.15, -0.1) is 0 Å². The van der Waals surface area contributed by atoms with Crippen LogP contribution in [0.1, 0.15) is 303 Å². The number of esters is 2. The molecule has 5 nitrogen and oxygen atoms in total. The first-order valence-corrected chi connectivity index (χ1v) is 27.9. The van der Waals surface area contributed by atoms with Gasteiger partial charge in [0.1, 0.15) is 6.61 Å². The molecule has 0 spiro atoms. The third-order valence-electron chi connectivity index (χ3n) is 12.5. The van der Waals surface area contributed by atoms with Crippen molar-refractivity contribution in [1.82, 2.24) is 0 Å². The summed E-state index contributed by atoms with van der Waals surface area (Å²) in [4.78, 5) is 25.4. The number of carbonyl (C=O) groups is 2. The van der Waals surface area contributed by atoms with E-state index in [1.165, 1.54) is 238 Å². The van der Waals surface area contributed by atoms with Gasteiger partial charge >= 0.3 is 11.9 Å². The largest absolute Gasteiger partial charge is 0.462 e. The predicted octanol–water partition coefficient (Wildman–Crippen LogP) is 18.8. The van der Waals surface area contributed by atoms with Crippen LogP contribution in [0.25, 0.3) is 0 Å². The van der Waals surface area contributed by atoms with Crippen LogP contribution in [-0.4, -0.2) is 37.9 Å². The highest BCUT2D eigenvalue weighted by molar-refractivity contribution is 5.70. The second-order valence-electron chi connectivity index (χ2n) is 18.8. The summed E-state index contributed by atoms with van der Waals surface area (Å²) in [6.45, 7) is 7.86. The van der Waals surface area contributed by atoms with E-state index in [2.05, 4.69) is 45.1 Å². The molecule has 366 valence electrons. The predicted molar refractivity (Wildman–Crippen MR) is 270 cm³/mol. The Morgan fingerprint density at radius 2 is 0.629 bits per heavy atom. The lowest BCUT2D eigenvalue weighted by Crippen LogP contribution is -2.30. The van der Waals surface area contributed by atoms with Crippen LogP contribution in [0.5, 0.6) is 0 Å². The van der Waals surface area contributed by atoms with Crippen LogP contribution in [0.2, 0.25) is 0 Å². The molecule has 0 aromatic rings. The summed E-state index contributed by atoms with van der Waals surface area (Å²) in [5.74, 6) is -0.388. The molecule has 0 aromatic heterocycles. The molecule has 0 aliphatic rings. The smallest absolute Gasteiger partial charge is 0.306 e. The lowest BCUT2D eigenvalue weighted by molar-refractivity contribution is -0.163. The van der Waals surface area contributed by atoms with Gasteiger partial charge < -0.3 is 14.2 Å². The summed E-state index contributed by atoms with van der Waals surface area (Å²) in [5, 5.41) is 0. The summed E-state index contributed by atoms with van der Waals surface area (Å²) in [7, 11) is 0. The SMILES string of the molecule is CCCCCC/C=C\CCCCCCCCCC(=O)OC[C@@H](COCCCCCCCCCCCCCCCCCC)OC(=O)CCCCCCCCC/C=C\CCCCCC. The van der Waals surface area contributed by atoms with Crippen LogP contribution < -0.4 is 0 Å². The van der Waals surface area contributed by atoms with Gasteiger partial charge in [0.15, 0.2) is 6.10 Å². The maximum Gasteiger partial charge on any atom is 0.306 e. The van der Waals surface area contributed by atoms with Crippen molar-refractivity contribution in [3.8, 4) is 0 Å². The van der Waals surface area contributed by atoms with Crippen molar-refractivity contribution in [3.05, 3.63) is 24.3 Å². The molecule has 0 N–H and O–H groups in total. The molecule has 1 atom stereocenters. The monoisotopic (exact) mass is 873 g/mol. The van der Waals surface area contributed by atoms with Crippen LogP contribution in [0.4, 0.5) is 0 Å². The molecule has 0 fully saturated rings. The van der Waals surface area contributed by atoms with E-state index in [4.69, 9.17) is 14.2 Å². The summed E-state index contributed by atoms with van der Waals surface area (Å²) >= 11 is 0. The number of unbranched alkanes of at least 4 members (excludes halogenated alkanes) is 37. The minimum atomic E-state index is -0.534. The average molecular weight is 873 g/mol. The Kier molecular flexibility index (Phi) is 52.3.